The van der Waals surface area contributed by atoms with Crippen LogP contribution >= 0.6 is 22.7 Å². The summed E-state index contributed by atoms with van der Waals surface area (Å²) in [7, 11) is 0. The zero-order valence-electron chi connectivity index (χ0n) is 21.5. The molecule has 0 fully saturated rings. The molecular formula is C36H24N2S2. The molecule has 0 unspecified atom stereocenters. The molecule has 1 N–H and O–H groups in total. The van der Waals surface area contributed by atoms with Crippen molar-refractivity contribution in [2.24, 2.45) is 0 Å². The molecule has 0 bridgehead atoms. The molecule has 0 saturated heterocycles. The van der Waals surface area contributed by atoms with Crippen molar-refractivity contribution in [3.63, 3.8) is 0 Å². The molecule has 190 valence electrons. The van der Waals surface area contributed by atoms with Crippen LogP contribution in [0.3, 0.4) is 0 Å². The number of rotatable bonds is 5. The normalized spacial score (nSPS) is 11.5. The summed E-state index contributed by atoms with van der Waals surface area (Å²) in [5.74, 6) is 0. The Morgan fingerprint density at radius 1 is 0.450 bits per heavy atom. The molecule has 0 aliphatic carbocycles. The summed E-state index contributed by atoms with van der Waals surface area (Å²) in [6.07, 6.45) is 0. The Balaban J connectivity index is 1.31. The topological polar surface area (TPSA) is 15.3 Å². The highest BCUT2D eigenvalue weighted by Gasteiger charge is 2.18. The van der Waals surface area contributed by atoms with Gasteiger partial charge in [0, 0.05) is 63.1 Å². The van der Waals surface area contributed by atoms with Gasteiger partial charge in [0.25, 0.3) is 0 Å². The number of hydrogen-bond acceptors (Lipinski definition) is 4. The van der Waals surface area contributed by atoms with Gasteiger partial charge in [-0.05, 0) is 72.8 Å². The molecule has 0 aliphatic rings. The average Bonchev–Trinajstić information content (AvgIpc) is 3.58. The largest absolute Gasteiger partial charge is 0.355 e. The van der Waals surface area contributed by atoms with Gasteiger partial charge in [-0.1, -0.05) is 66.7 Å². The van der Waals surface area contributed by atoms with Crippen LogP contribution in [0.1, 0.15) is 0 Å². The van der Waals surface area contributed by atoms with E-state index in [0.29, 0.717) is 0 Å². The van der Waals surface area contributed by atoms with Crippen molar-refractivity contribution in [2.45, 2.75) is 0 Å². The molecule has 8 rings (SSSR count). The smallest absolute Gasteiger partial charge is 0.0554 e. The fourth-order valence-corrected chi connectivity index (χ4v) is 7.93. The molecule has 0 atom stereocenters. The maximum Gasteiger partial charge on any atom is 0.0554 e. The van der Waals surface area contributed by atoms with Crippen LogP contribution in [0.5, 0.6) is 0 Å². The lowest BCUT2D eigenvalue weighted by Crippen LogP contribution is -2.09. The maximum absolute atomic E-state index is 3.78. The van der Waals surface area contributed by atoms with Gasteiger partial charge < -0.3 is 10.2 Å². The first-order valence-corrected chi connectivity index (χ1v) is 15.0. The van der Waals surface area contributed by atoms with Crippen molar-refractivity contribution < 1.29 is 0 Å². The molecule has 0 amide bonds. The molecule has 0 spiro atoms. The summed E-state index contributed by atoms with van der Waals surface area (Å²) in [5.41, 5.74) is 5.71. The molecule has 4 heteroatoms. The first kappa shape index (κ1) is 23.3. The summed E-state index contributed by atoms with van der Waals surface area (Å²) in [6.45, 7) is 0. The van der Waals surface area contributed by atoms with Crippen LogP contribution in [0.25, 0.3) is 40.3 Å². The predicted molar refractivity (Wildman–Crippen MR) is 177 cm³/mol. The van der Waals surface area contributed by atoms with Crippen LogP contribution in [0.15, 0.2) is 140 Å². The van der Waals surface area contributed by atoms with Gasteiger partial charge in [-0.2, -0.15) is 0 Å². The predicted octanol–water partition coefficient (Wildman–Crippen LogP) is 11.6. The van der Waals surface area contributed by atoms with Gasteiger partial charge in [0.05, 0.1) is 5.69 Å². The molecule has 2 aromatic heterocycles. The van der Waals surface area contributed by atoms with E-state index in [4.69, 9.17) is 0 Å². The number of anilines is 5. The number of thiophene rings is 2. The van der Waals surface area contributed by atoms with E-state index in [1.54, 1.807) is 0 Å². The molecule has 0 aliphatic heterocycles. The SMILES string of the molecule is c1ccc(N(c2ccccc2)c2cccc3sc4ccc(Nc5cccc6sc7ccccc7c56)cc4c23)cc1. The van der Waals surface area contributed by atoms with E-state index in [0.717, 1.165) is 22.7 Å². The van der Waals surface area contributed by atoms with E-state index in [-0.39, 0.29) is 0 Å². The molecule has 2 heterocycles. The minimum Gasteiger partial charge on any atom is -0.355 e. The first-order valence-electron chi connectivity index (χ1n) is 13.4. The van der Waals surface area contributed by atoms with Crippen LogP contribution in [-0.2, 0) is 0 Å². The van der Waals surface area contributed by atoms with Gasteiger partial charge in [-0.3, -0.25) is 0 Å². The second kappa shape index (κ2) is 9.53. The minimum atomic E-state index is 1.09. The standard InChI is InChI=1S/C36H24N2S2/c1-3-11-25(12-4-1)38(26-13-5-2-6-14-26)30-17-10-20-34-36(30)28-23-24(21-22-32(28)40-34)37-29-16-9-19-33-35(29)27-15-7-8-18-31(27)39-33/h1-23,37H. The van der Waals surface area contributed by atoms with Gasteiger partial charge in [0.1, 0.15) is 0 Å². The summed E-state index contributed by atoms with van der Waals surface area (Å²) in [4.78, 5) is 2.37. The highest BCUT2D eigenvalue weighted by Crippen LogP contribution is 2.46. The minimum absolute atomic E-state index is 1.09. The average molecular weight is 549 g/mol. The third-order valence-electron chi connectivity index (χ3n) is 7.42. The number of nitrogens with one attached hydrogen (secondary N) is 1. The first-order chi connectivity index (χ1) is 19.8. The molecule has 0 radical (unpaired) electrons. The lowest BCUT2D eigenvalue weighted by Gasteiger charge is -2.26. The third kappa shape index (κ3) is 3.84. The van der Waals surface area contributed by atoms with Crippen LogP contribution in [0.4, 0.5) is 28.4 Å². The van der Waals surface area contributed by atoms with Crippen LogP contribution in [-0.4, -0.2) is 0 Å². The van der Waals surface area contributed by atoms with Gasteiger partial charge in [-0.15, -0.1) is 22.7 Å². The summed E-state index contributed by atoms with van der Waals surface area (Å²) in [6, 6.07) is 50.0. The summed E-state index contributed by atoms with van der Waals surface area (Å²) < 4.78 is 5.19. The molecule has 40 heavy (non-hydrogen) atoms. The number of para-hydroxylation sites is 2. The molecule has 6 aromatic carbocycles. The Hall–Kier alpha value is -4.64. The van der Waals surface area contributed by atoms with Gasteiger partial charge in [0.15, 0.2) is 0 Å². The van der Waals surface area contributed by atoms with Gasteiger partial charge in [-0.25, -0.2) is 0 Å². The Kier molecular flexibility index (Phi) is 5.54. The Morgan fingerprint density at radius 3 is 1.80 bits per heavy atom. The van der Waals surface area contributed by atoms with Gasteiger partial charge >= 0.3 is 0 Å². The quantitative estimate of drug-likeness (QED) is 0.230. The van der Waals surface area contributed by atoms with Gasteiger partial charge in [0.2, 0.25) is 0 Å². The maximum atomic E-state index is 3.78. The number of hydrogen-bond donors (Lipinski definition) is 1. The van der Waals surface area contributed by atoms with Crippen molar-refractivity contribution >= 4 is 91.5 Å². The summed E-state index contributed by atoms with van der Waals surface area (Å²) >= 11 is 3.70. The lowest BCUT2D eigenvalue weighted by atomic mass is 10.1. The lowest BCUT2D eigenvalue weighted by molar-refractivity contribution is 1.30. The van der Waals surface area contributed by atoms with Crippen molar-refractivity contribution in [2.75, 3.05) is 10.2 Å². The molecule has 8 aromatic rings. The number of benzene rings is 6. The zero-order chi connectivity index (χ0) is 26.5. The second-order valence-electron chi connectivity index (χ2n) is 9.87. The van der Waals surface area contributed by atoms with Crippen molar-refractivity contribution in [3.05, 3.63) is 140 Å². The number of nitrogens with zero attached hydrogens (tertiary/aromatic N) is 1. The Morgan fingerprint density at radius 2 is 1.05 bits per heavy atom. The van der Waals surface area contributed by atoms with Crippen molar-refractivity contribution in [1.82, 2.24) is 0 Å². The second-order valence-corrected chi connectivity index (χ2v) is 12.0. The fourth-order valence-electron chi connectivity index (χ4n) is 5.69. The zero-order valence-corrected chi connectivity index (χ0v) is 23.2. The Bertz CT molecular complexity index is 2100. The van der Waals surface area contributed by atoms with Crippen LogP contribution in [0, 0.1) is 0 Å². The van der Waals surface area contributed by atoms with E-state index in [1.165, 1.54) is 46.0 Å². The van der Waals surface area contributed by atoms with Crippen molar-refractivity contribution in [3.8, 4) is 0 Å². The van der Waals surface area contributed by atoms with E-state index in [1.807, 2.05) is 22.7 Å². The number of fused-ring (bicyclic) bond motifs is 6. The molecule has 2 nitrogen and oxygen atoms in total. The Labute approximate surface area is 240 Å². The van der Waals surface area contributed by atoms with E-state index < -0.39 is 0 Å². The van der Waals surface area contributed by atoms with E-state index in [2.05, 4.69) is 150 Å². The van der Waals surface area contributed by atoms with E-state index >= 15 is 0 Å². The van der Waals surface area contributed by atoms with Crippen LogP contribution in [0.2, 0.25) is 0 Å². The molecular weight excluding hydrogens is 525 g/mol. The van der Waals surface area contributed by atoms with E-state index in [9.17, 15) is 0 Å². The molecule has 0 saturated carbocycles. The summed E-state index contributed by atoms with van der Waals surface area (Å²) in [5, 5.41) is 8.91. The fraction of sp³-hybridized carbons (Fsp3) is 0. The monoisotopic (exact) mass is 548 g/mol. The highest BCUT2D eigenvalue weighted by molar-refractivity contribution is 7.26. The van der Waals surface area contributed by atoms with Crippen LogP contribution < -0.4 is 10.2 Å². The highest BCUT2D eigenvalue weighted by atomic mass is 32.1. The third-order valence-corrected chi connectivity index (χ3v) is 9.70. The van der Waals surface area contributed by atoms with Crippen molar-refractivity contribution in [1.29, 1.82) is 0 Å².